The molecule has 0 aliphatic carbocycles. The summed E-state index contributed by atoms with van der Waals surface area (Å²) in [7, 11) is 0. The van der Waals surface area contributed by atoms with Crippen LogP contribution >= 0.6 is 15.9 Å². The number of nitrogens with zero attached hydrogens (tertiary/aromatic N) is 2. The minimum absolute atomic E-state index is 0.0493. The van der Waals surface area contributed by atoms with Crippen molar-refractivity contribution in [3.63, 3.8) is 0 Å². The van der Waals surface area contributed by atoms with Gasteiger partial charge < -0.3 is 9.88 Å². The maximum Gasteiger partial charge on any atom is 0.251 e. The summed E-state index contributed by atoms with van der Waals surface area (Å²) in [5.41, 5.74) is 3.99. The summed E-state index contributed by atoms with van der Waals surface area (Å²) < 4.78 is 3.22. The zero-order chi connectivity index (χ0) is 21.5. The van der Waals surface area contributed by atoms with Crippen LogP contribution in [0.15, 0.2) is 89.4 Å². The van der Waals surface area contributed by atoms with Crippen molar-refractivity contribution in [1.82, 2.24) is 14.9 Å². The molecule has 1 aromatic heterocycles. The van der Waals surface area contributed by atoms with Gasteiger partial charge in [-0.25, -0.2) is 4.98 Å². The highest BCUT2D eigenvalue weighted by molar-refractivity contribution is 9.10. The Morgan fingerprint density at radius 3 is 2.52 bits per heavy atom. The molecule has 31 heavy (non-hydrogen) atoms. The largest absolute Gasteiger partial charge is 0.352 e. The Balaban J connectivity index is 1.40. The van der Waals surface area contributed by atoms with Crippen molar-refractivity contribution >= 4 is 38.9 Å². The SMILES string of the molecule is O=C(NCCCc1nc2ccccc2n1C/C=C/c1ccccc1)c1ccc(Br)cc1. The lowest BCUT2D eigenvalue weighted by Crippen LogP contribution is -2.24. The van der Waals surface area contributed by atoms with Gasteiger partial charge in [-0.15, -0.1) is 0 Å². The van der Waals surface area contributed by atoms with Crippen molar-refractivity contribution in [2.75, 3.05) is 6.54 Å². The van der Waals surface area contributed by atoms with E-state index in [1.165, 1.54) is 5.56 Å². The molecule has 0 aliphatic rings. The van der Waals surface area contributed by atoms with Crippen LogP contribution in [0.3, 0.4) is 0 Å². The van der Waals surface area contributed by atoms with E-state index in [-0.39, 0.29) is 5.91 Å². The molecule has 0 saturated carbocycles. The first-order valence-corrected chi connectivity index (χ1v) is 11.2. The van der Waals surface area contributed by atoms with Crippen LogP contribution in [-0.4, -0.2) is 22.0 Å². The molecule has 1 N–H and O–H groups in total. The van der Waals surface area contributed by atoms with E-state index in [9.17, 15) is 4.79 Å². The van der Waals surface area contributed by atoms with Crippen LogP contribution in [0, 0.1) is 0 Å². The molecule has 4 rings (SSSR count). The van der Waals surface area contributed by atoms with Gasteiger partial charge in [0.25, 0.3) is 5.91 Å². The Kier molecular flexibility index (Phi) is 6.95. The van der Waals surface area contributed by atoms with Gasteiger partial charge in [0.1, 0.15) is 5.82 Å². The molecule has 5 heteroatoms. The van der Waals surface area contributed by atoms with Crippen LogP contribution in [0.1, 0.15) is 28.2 Å². The molecule has 156 valence electrons. The number of carbonyl (C=O) groups excluding carboxylic acids is 1. The van der Waals surface area contributed by atoms with Crippen LogP contribution in [0.2, 0.25) is 0 Å². The van der Waals surface area contributed by atoms with E-state index in [0.717, 1.165) is 40.7 Å². The normalized spacial score (nSPS) is 11.3. The standard InChI is InChI=1S/C26H24BrN3O/c27-22-16-14-21(15-17-22)26(31)28-18-6-13-25-29-23-11-4-5-12-24(23)30(25)19-7-10-20-8-2-1-3-9-20/h1-5,7-12,14-17H,6,13,18-19H2,(H,28,31)/b10-7+. The van der Waals surface area contributed by atoms with Crippen molar-refractivity contribution in [3.8, 4) is 0 Å². The summed E-state index contributed by atoms with van der Waals surface area (Å²) in [5.74, 6) is 0.989. The Hall–Kier alpha value is -3.18. The van der Waals surface area contributed by atoms with E-state index in [2.05, 4.69) is 56.2 Å². The molecule has 0 aliphatic heterocycles. The number of nitrogens with one attached hydrogen (secondary N) is 1. The second-order valence-electron chi connectivity index (χ2n) is 7.31. The number of benzene rings is 3. The van der Waals surface area contributed by atoms with Crippen molar-refractivity contribution in [2.24, 2.45) is 0 Å². The minimum Gasteiger partial charge on any atom is -0.352 e. The molecule has 3 aromatic carbocycles. The van der Waals surface area contributed by atoms with Gasteiger partial charge in [0.05, 0.1) is 11.0 Å². The van der Waals surface area contributed by atoms with Crippen molar-refractivity contribution in [3.05, 3.63) is 106 Å². The van der Waals surface area contributed by atoms with Gasteiger partial charge in [-0.2, -0.15) is 0 Å². The Morgan fingerprint density at radius 1 is 0.968 bits per heavy atom. The lowest BCUT2D eigenvalue weighted by molar-refractivity contribution is 0.0953. The predicted octanol–water partition coefficient (Wildman–Crippen LogP) is 5.87. The lowest BCUT2D eigenvalue weighted by Gasteiger charge is -2.08. The fourth-order valence-electron chi connectivity index (χ4n) is 3.53. The number of halogens is 1. The first-order chi connectivity index (χ1) is 15.2. The molecule has 0 saturated heterocycles. The Bertz CT molecular complexity index is 1180. The summed E-state index contributed by atoms with van der Waals surface area (Å²) in [5, 5.41) is 3.00. The van der Waals surface area contributed by atoms with Gasteiger partial charge in [-0.1, -0.05) is 70.5 Å². The van der Waals surface area contributed by atoms with E-state index >= 15 is 0 Å². The van der Waals surface area contributed by atoms with Gasteiger partial charge >= 0.3 is 0 Å². The molecule has 4 aromatic rings. The smallest absolute Gasteiger partial charge is 0.251 e. The summed E-state index contributed by atoms with van der Waals surface area (Å²) in [4.78, 5) is 17.1. The third-order valence-electron chi connectivity index (χ3n) is 5.10. The number of allylic oxidation sites excluding steroid dienone is 1. The van der Waals surface area contributed by atoms with Crippen LogP contribution < -0.4 is 5.32 Å². The van der Waals surface area contributed by atoms with Gasteiger partial charge in [-0.3, -0.25) is 4.79 Å². The number of hydrogen-bond donors (Lipinski definition) is 1. The third kappa shape index (κ3) is 5.50. The fraction of sp³-hybridized carbons (Fsp3) is 0.154. The van der Waals surface area contributed by atoms with E-state index in [0.29, 0.717) is 12.1 Å². The number of imidazole rings is 1. The third-order valence-corrected chi connectivity index (χ3v) is 5.63. The van der Waals surface area contributed by atoms with Crippen LogP contribution in [0.4, 0.5) is 0 Å². The number of aromatic nitrogens is 2. The topological polar surface area (TPSA) is 46.9 Å². The average Bonchev–Trinajstić information content (AvgIpc) is 3.15. The van der Waals surface area contributed by atoms with E-state index in [4.69, 9.17) is 4.98 Å². The molecule has 4 nitrogen and oxygen atoms in total. The predicted molar refractivity (Wildman–Crippen MR) is 130 cm³/mol. The summed E-state index contributed by atoms with van der Waals surface area (Å²) in [6, 6.07) is 25.9. The number of rotatable bonds is 8. The average molecular weight is 474 g/mol. The molecule has 0 unspecified atom stereocenters. The van der Waals surface area contributed by atoms with Gasteiger partial charge in [0.2, 0.25) is 0 Å². The maximum atomic E-state index is 12.3. The number of carbonyl (C=O) groups is 1. The molecule has 0 spiro atoms. The first-order valence-electron chi connectivity index (χ1n) is 10.4. The molecule has 0 radical (unpaired) electrons. The molecule has 0 fully saturated rings. The van der Waals surface area contributed by atoms with Crippen LogP contribution in [-0.2, 0) is 13.0 Å². The highest BCUT2D eigenvalue weighted by atomic mass is 79.9. The molecular formula is C26H24BrN3O. The lowest BCUT2D eigenvalue weighted by atomic mass is 10.2. The Labute approximate surface area is 190 Å². The van der Waals surface area contributed by atoms with Crippen LogP contribution in [0.25, 0.3) is 17.1 Å². The van der Waals surface area contributed by atoms with E-state index in [1.54, 1.807) is 0 Å². The number of hydrogen-bond acceptors (Lipinski definition) is 2. The highest BCUT2D eigenvalue weighted by Crippen LogP contribution is 2.18. The zero-order valence-electron chi connectivity index (χ0n) is 17.2. The first kappa shape index (κ1) is 21.1. The maximum absolute atomic E-state index is 12.3. The van der Waals surface area contributed by atoms with Crippen molar-refractivity contribution in [1.29, 1.82) is 0 Å². The highest BCUT2D eigenvalue weighted by Gasteiger charge is 2.10. The molecular weight excluding hydrogens is 450 g/mol. The second-order valence-corrected chi connectivity index (χ2v) is 8.22. The molecule has 0 atom stereocenters. The van der Waals surface area contributed by atoms with Crippen molar-refractivity contribution in [2.45, 2.75) is 19.4 Å². The zero-order valence-corrected chi connectivity index (χ0v) is 18.8. The monoisotopic (exact) mass is 473 g/mol. The van der Waals surface area contributed by atoms with Crippen molar-refractivity contribution < 1.29 is 4.79 Å². The molecule has 1 heterocycles. The summed E-state index contributed by atoms with van der Waals surface area (Å²) >= 11 is 3.39. The van der Waals surface area contributed by atoms with Gasteiger partial charge in [-0.05, 0) is 48.4 Å². The summed E-state index contributed by atoms with van der Waals surface area (Å²) in [6.45, 7) is 1.37. The van der Waals surface area contributed by atoms with Gasteiger partial charge in [0, 0.05) is 29.5 Å². The van der Waals surface area contributed by atoms with E-state index < -0.39 is 0 Å². The molecule has 1 amide bonds. The number of para-hydroxylation sites is 2. The Morgan fingerprint density at radius 2 is 1.71 bits per heavy atom. The minimum atomic E-state index is -0.0493. The number of fused-ring (bicyclic) bond motifs is 1. The summed E-state index contributed by atoms with van der Waals surface area (Å²) in [6.07, 6.45) is 5.93. The molecule has 0 bridgehead atoms. The number of aryl methyl sites for hydroxylation is 1. The van der Waals surface area contributed by atoms with Gasteiger partial charge in [0.15, 0.2) is 0 Å². The second kappa shape index (κ2) is 10.2. The van der Waals surface area contributed by atoms with E-state index in [1.807, 2.05) is 60.7 Å². The fourth-order valence-corrected chi connectivity index (χ4v) is 3.79. The van der Waals surface area contributed by atoms with Crippen LogP contribution in [0.5, 0.6) is 0 Å². The number of amides is 1. The quantitative estimate of drug-likeness (QED) is 0.325.